The number of ether oxygens (including phenoxy) is 2. The Morgan fingerprint density at radius 2 is 2.08 bits per heavy atom. The van der Waals surface area contributed by atoms with Crippen LogP contribution in [0.2, 0.25) is 0 Å². The molecule has 3 aliphatic rings. The lowest BCUT2D eigenvalue weighted by atomic mass is 9.80. The molecule has 0 aliphatic carbocycles. The Hall–Kier alpha value is -1.14. The first-order valence-electron chi connectivity index (χ1n) is 9.23. The molecule has 3 heterocycles. The molecule has 3 aliphatic heterocycles. The van der Waals surface area contributed by atoms with Gasteiger partial charge in [0, 0.05) is 50.3 Å². The fourth-order valence-electron chi connectivity index (χ4n) is 4.35. The van der Waals surface area contributed by atoms with Gasteiger partial charge in [0.05, 0.1) is 13.2 Å². The highest BCUT2D eigenvalue weighted by molar-refractivity contribution is 5.39. The summed E-state index contributed by atoms with van der Waals surface area (Å²) in [5.74, 6) is 1.04. The van der Waals surface area contributed by atoms with E-state index in [9.17, 15) is 0 Å². The Balaban J connectivity index is 1.52. The van der Waals surface area contributed by atoms with Crippen LogP contribution in [0.1, 0.15) is 37.3 Å². The Morgan fingerprint density at radius 1 is 1.25 bits per heavy atom. The zero-order valence-corrected chi connectivity index (χ0v) is 14.2. The molecule has 2 fully saturated rings. The van der Waals surface area contributed by atoms with E-state index >= 15 is 0 Å². The van der Waals surface area contributed by atoms with Crippen LogP contribution < -0.4 is 10.1 Å². The number of fused-ring (bicyclic) bond motifs is 1. The molecule has 0 bridgehead atoms. The van der Waals surface area contributed by atoms with Gasteiger partial charge in [-0.25, -0.2) is 0 Å². The van der Waals surface area contributed by atoms with Crippen LogP contribution in [0.5, 0.6) is 5.75 Å². The molecule has 2 N–H and O–H groups in total. The monoisotopic (exact) mass is 332 g/mol. The fraction of sp³-hybridized carbons (Fsp3) is 0.684. The molecule has 1 spiro atoms. The van der Waals surface area contributed by atoms with Crippen LogP contribution in [0.3, 0.4) is 0 Å². The third-order valence-corrected chi connectivity index (χ3v) is 5.75. The van der Waals surface area contributed by atoms with E-state index in [1.807, 2.05) is 0 Å². The predicted molar refractivity (Wildman–Crippen MR) is 92.3 cm³/mol. The minimum absolute atomic E-state index is 0.0720. The number of β-amino-alcohol motifs (C(OH)–C–C–N with tert-alkyl or cyclic N) is 1. The van der Waals surface area contributed by atoms with Gasteiger partial charge in [-0.3, -0.25) is 0 Å². The van der Waals surface area contributed by atoms with E-state index in [1.54, 1.807) is 0 Å². The molecule has 0 unspecified atom stereocenters. The van der Waals surface area contributed by atoms with Crippen molar-refractivity contribution in [3.8, 4) is 5.75 Å². The summed E-state index contributed by atoms with van der Waals surface area (Å²) < 4.78 is 12.1. The Labute approximate surface area is 143 Å². The SMILES string of the molecule is OCCN1CCC2(CC1)C[C@H](N[C@@H]1CCOC1)c1ccccc1O2. The molecule has 0 amide bonds. The molecule has 0 saturated carbocycles. The van der Waals surface area contributed by atoms with Crippen molar-refractivity contribution in [2.75, 3.05) is 39.5 Å². The molecular weight excluding hydrogens is 304 g/mol. The second-order valence-electron chi connectivity index (χ2n) is 7.37. The summed E-state index contributed by atoms with van der Waals surface area (Å²) >= 11 is 0. The van der Waals surface area contributed by atoms with Crippen molar-refractivity contribution < 1.29 is 14.6 Å². The first-order chi connectivity index (χ1) is 11.8. The molecule has 0 radical (unpaired) electrons. The van der Waals surface area contributed by atoms with Gasteiger partial charge >= 0.3 is 0 Å². The average molecular weight is 332 g/mol. The second kappa shape index (κ2) is 7.00. The number of para-hydroxylation sites is 1. The minimum atomic E-state index is -0.0720. The minimum Gasteiger partial charge on any atom is -0.487 e. The van der Waals surface area contributed by atoms with Gasteiger partial charge in [-0.05, 0) is 25.3 Å². The molecule has 5 heteroatoms. The van der Waals surface area contributed by atoms with Crippen LogP contribution in [0, 0.1) is 0 Å². The smallest absolute Gasteiger partial charge is 0.124 e. The number of aliphatic hydroxyl groups is 1. The summed E-state index contributed by atoms with van der Waals surface area (Å²) in [5.41, 5.74) is 1.21. The lowest BCUT2D eigenvalue weighted by molar-refractivity contribution is -0.0288. The summed E-state index contributed by atoms with van der Waals surface area (Å²) in [7, 11) is 0. The second-order valence-corrected chi connectivity index (χ2v) is 7.37. The van der Waals surface area contributed by atoms with Gasteiger partial charge in [0.15, 0.2) is 0 Å². The molecule has 4 rings (SSSR count). The molecule has 2 atom stereocenters. The van der Waals surface area contributed by atoms with Gasteiger partial charge < -0.3 is 24.8 Å². The van der Waals surface area contributed by atoms with Crippen molar-refractivity contribution in [3.63, 3.8) is 0 Å². The maximum Gasteiger partial charge on any atom is 0.124 e. The maximum atomic E-state index is 9.16. The largest absolute Gasteiger partial charge is 0.487 e. The van der Waals surface area contributed by atoms with Crippen LogP contribution in [0.4, 0.5) is 0 Å². The zero-order valence-electron chi connectivity index (χ0n) is 14.2. The molecule has 0 aromatic heterocycles. The lowest BCUT2D eigenvalue weighted by Gasteiger charge is -2.47. The molecule has 1 aromatic rings. The highest BCUT2D eigenvalue weighted by atomic mass is 16.5. The normalized spacial score (nSPS) is 29.4. The predicted octanol–water partition coefficient (Wildman–Crippen LogP) is 1.72. The third-order valence-electron chi connectivity index (χ3n) is 5.75. The van der Waals surface area contributed by atoms with Gasteiger partial charge in [0.25, 0.3) is 0 Å². The van der Waals surface area contributed by atoms with E-state index in [2.05, 4.69) is 34.5 Å². The quantitative estimate of drug-likeness (QED) is 0.879. The molecular formula is C19H28N2O3. The number of benzene rings is 1. The van der Waals surface area contributed by atoms with E-state index in [0.717, 1.165) is 64.3 Å². The van der Waals surface area contributed by atoms with Crippen molar-refractivity contribution >= 4 is 0 Å². The topological polar surface area (TPSA) is 54.0 Å². The van der Waals surface area contributed by atoms with Crippen molar-refractivity contribution in [1.82, 2.24) is 10.2 Å². The standard InChI is InChI=1S/C19H28N2O3/c22-11-10-21-8-6-19(7-9-21)13-17(20-15-5-12-23-14-15)16-3-1-2-4-18(16)24-19/h1-4,15,17,20,22H,5-14H2/t15-,17+/m1/s1. The van der Waals surface area contributed by atoms with Crippen molar-refractivity contribution in [1.29, 1.82) is 0 Å². The lowest BCUT2D eigenvalue weighted by Crippen LogP contribution is -2.53. The average Bonchev–Trinajstić information content (AvgIpc) is 3.10. The maximum absolute atomic E-state index is 9.16. The van der Waals surface area contributed by atoms with Crippen molar-refractivity contribution in [2.45, 2.75) is 43.4 Å². The van der Waals surface area contributed by atoms with E-state index < -0.39 is 0 Å². The molecule has 5 nitrogen and oxygen atoms in total. The molecule has 2 saturated heterocycles. The molecule has 1 aromatic carbocycles. The molecule has 24 heavy (non-hydrogen) atoms. The highest BCUT2D eigenvalue weighted by Gasteiger charge is 2.43. The fourth-order valence-corrected chi connectivity index (χ4v) is 4.35. The summed E-state index contributed by atoms with van der Waals surface area (Å²) in [6.07, 6.45) is 4.17. The number of rotatable bonds is 4. The summed E-state index contributed by atoms with van der Waals surface area (Å²) in [6, 6.07) is 9.25. The molecule has 132 valence electrons. The van der Waals surface area contributed by atoms with E-state index in [1.165, 1.54) is 5.56 Å². The number of piperidine rings is 1. The van der Waals surface area contributed by atoms with Crippen LogP contribution in [-0.4, -0.2) is 61.1 Å². The summed E-state index contributed by atoms with van der Waals surface area (Å²) in [5, 5.41) is 13.0. The van der Waals surface area contributed by atoms with Crippen LogP contribution in [-0.2, 0) is 4.74 Å². The van der Waals surface area contributed by atoms with Crippen LogP contribution >= 0.6 is 0 Å². The van der Waals surface area contributed by atoms with E-state index in [4.69, 9.17) is 14.6 Å². The van der Waals surface area contributed by atoms with Crippen molar-refractivity contribution in [3.05, 3.63) is 29.8 Å². The first kappa shape index (κ1) is 16.3. The van der Waals surface area contributed by atoms with Gasteiger partial charge in [-0.2, -0.15) is 0 Å². The Bertz CT molecular complexity index is 551. The number of nitrogens with zero attached hydrogens (tertiary/aromatic N) is 1. The summed E-state index contributed by atoms with van der Waals surface area (Å²) in [4.78, 5) is 2.34. The number of hydrogen-bond donors (Lipinski definition) is 2. The first-order valence-corrected chi connectivity index (χ1v) is 9.23. The highest BCUT2D eigenvalue weighted by Crippen LogP contribution is 2.44. The van der Waals surface area contributed by atoms with Gasteiger partial charge in [0.1, 0.15) is 11.4 Å². The number of nitrogens with one attached hydrogen (secondary N) is 1. The Kier molecular flexibility index (Phi) is 4.77. The van der Waals surface area contributed by atoms with Crippen molar-refractivity contribution in [2.24, 2.45) is 0 Å². The van der Waals surface area contributed by atoms with Crippen LogP contribution in [0.25, 0.3) is 0 Å². The summed E-state index contributed by atoms with van der Waals surface area (Å²) in [6.45, 7) is 4.70. The number of aliphatic hydroxyl groups excluding tert-OH is 1. The van der Waals surface area contributed by atoms with E-state index in [0.29, 0.717) is 12.1 Å². The third kappa shape index (κ3) is 3.31. The van der Waals surface area contributed by atoms with Gasteiger partial charge in [0.2, 0.25) is 0 Å². The number of likely N-dealkylation sites (tertiary alicyclic amines) is 1. The van der Waals surface area contributed by atoms with Crippen LogP contribution in [0.15, 0.2) is 24.3 Å². The van der Waals surface area contributed by atoms with E-state index in [-0.39, 0.29) is 12.2 Å². The van der Waals surface area contributed by atoms with Gasteiger partial charge in [-0.15, -0.1) is 0 Å². The Morgan fingerprint density at radius 3 is 2.83 bits per heavy atom. The van der Waals surface area contributed by atoms with Gasteiger partial charge in [-0.1, -0.05) is 18.2 Å². The number of hydrogen-bond acceptors (Lipinski definition) is 5. The zero-order chi connectivity index (χ0) is 16.4.